The van der Waals surface area contributed by atoms with Crippen molar-refractivity contribution in [2.45, 2.75) is 54.3 Å². The number of amides is 2. The van der Waals surface area contributed by atoms with Gasteiger partial charge in [-0.1, -0.05) is 0 Å². The number of carboxylic acid groups (broad SMARTS) is 2. The van der Waals surface area contributed by atoms with E-state index in [2.05, 4.69) is 10.6 Å². The minimum atomic E-state index is -1.54. The molecule has 184 valence electrons. The van der Waals surface area contributed by atoms with Crippen LogP contribution in [0.15, 0.2) is 0 Å². The number of aliphatic hydroxyl groups excluding tert-OH is 4. The van der Waals surface area contributed by atoms with Crippen LogP contribution in [0.3, 0.4) is 0 Å². The van der Waals surface area contributed by atoms with E-state index < -0.39 is 92.2 Å². The summed E-state index contributed by atoms with van der Waals surface area (Å²) in [4.78, 5) is 45.8. The third kappa shape index (κ3) is 9.17. The van der Waals surface area contributed by atoms with Crippen molar-refractivity contribution in [2.24, 2.45) is 5.73 Å². The van der Waals surface area contributed by atoms with Gasteiger partial charge in [0.1, 0.15) is 0 Å². The number of aliphatic hydroxyl groups is 4. The fourth-order valence-electron chi connectivity index (χ4n) is 2.47. The molecular weight excluding hydrogens is 521 g/mol. The normalized spacial score (nSPS) is 27.2. The third-order valence-electron chi connectivity index (χ3n) is 4.31. The van der Waals surface area contributed by atoms with E-state index in [1.807, 2.05) is 0 Å². The molecule has 1 heterocycles. The first-order valence-corrected chi connectivity index (χ1v) is 13.3. The standard InChI is InChI=1S/C16H27N3O11SSe/c17-6(15(28)29)1-2-9(21)19-7(14(27)18-3-10(22)23)5-31-32-16-13(26)12(25)11(24)8(4-20)30-16/h6-8,11-13,16,20,24-26H,1-5,17H2,(H,18,27)(H,19,21)(H,22,23)(H,28,29)/t6-,7-,8+,11-,12-,13+,16-/m0/s1. The molecular formula is C16H27N3O11SSe. The summed E-state index contributed by atoms with van der Waals surface area (Å²) in [7, 11) is 1.08. The molecule has 1 fully saturated rings. The minimum absolute atomic E-state index is 0.0583. The van der Waals surface area contributed by atoms with Crippen LogP contribution >= 0.6 is 10.2 Å². The summed E-state index contributed by atoms with van der Waals surface area (Å²) < 4.78 is 5.38. The molecule has 0 aromatic carbocycles. The second-order valence-corrected chi connectivity index (χ2v) is 11.2. The van der Waals surface area contributed by atoms with Crippen LogP contribution in [0.5, 0.6) is 0 Å². The number of nitrogens with one attached hydrogen (secondary N) is 2. The van der Waals surface area contributed by atoms with Gasteiger partial charge in [0, 0.05) is 0 Å². The zero-order valence-corrected chi connectivity index (χ0v) is 19.2. The molecule has 14 nitrogen and oxygen atoms in total. The average Bonchev–Trinajstić information content (AvgIpc) is 2.74. The number of carboxylic acids is 2. The van der Waals surface area contributed by atoms with Crippen molar-refractivity contribution in [1.29, 1.82) is 0 Å². The van der Waals surface area contributed by atoms with Crippen molar-refractivity contribution in [1.82, 2.24) is 10.6 Å². The molecule has 1 rings (SSSR count). The van der Waals surface area contributed by atoms with Gasteiger partial charge in [-0.05, 0) is 0 Å². The Hall–Kier alpha value is -1.49. The number of nitrogens with two attached hydrogens (primary N) is 1. The molecule has 16 heteroatoms. The maximum atomic E-state index is 12.3. The Balaban J connectivity index is 2.68. The van der Waals surface area contributed by atoms with E-state index >= 15 is 0 Å². The van der Waals surface area contributed by atoms with Gasteiger partial charge in [0.05, 0.1) is 0 Å². The van der Waals surface area contributed by atoms with Crippen molar-refractivity contribution in [2.75, 3.05) is 18.9 Å². The fraction of sp³-hybridized carbons (Fsp3) is 0.750. The maximum absolute atomic E-state index is 12.3. The molecule has 0 aliphatic carbocycles. The molecule has 7 atom stereocenters. The van der Waals surface area contributed by atoms with Crippen LogP contribution in [-0.2, 0) is 23.9 Å². The van der Waals surface area contributed by atoms with E-state index in [0.29, 0.717) is 0 Å². The zero-order chi connectivity index (χ0) is 24.4. The Kier molecular flexibility index (Phi) is 12.4. The SMILES string of the molecule is N[C@@H](CCC(=O)N[C@@H](CS[Se][C@@H]1O[C@H](CO)[C@H](O)[C@H](O)[C@H]1O)C(=O)NCC(=O)O)C(=O)O. The van der Waals surface area contributed by atoms with E-state index in [4.69, 9.17) is 20.7 Å². The van der Waals surface area contributed by atoms with Crippen molar-refractivity contribution in [3.8, 4) is 0 Å². The Morgan fingerprint density at radius 1 is 1.09 bits per heavy atom. The second kappa shape index (κ2) is 13.9. The quantitative estimate of drug-likeness (QED) is 0.0980. The Labute approximate surface area is 192 Å². The van der Waals surface area contributed by atoms with Gasteiger partial charge in [-0.3, -0.25) is 0 Å². The van der Waals surface area contributed by atoms with Gasteiger partial charge >= 0.3 is 192 Å². The van der Waals surface area contributed by atoms with Gasteiger partial charge in [0.25, 0.3) is 0 Å². The van der Waals surface area contributed by atoms with E-state index in [0.717, 1.165) is 10.2 Å². The zero-order valence-electron chi connectivity index (χ0n) is 16.7. The van der Waals surface area contributed by atoms with Gasteiger partial charge in [-0.25, -0.2) is 0 Å². The Bertz CT molecular complexity index is 671. The molecule has 0 radical (unpaired) electrons. The fourth-order valence-corrected chi connectivity index (χ4v) is 7.04. The topological polar surface area (TPSA) is 249 Å². The van der Waals surface area contributed by atoms with Gasteiger partial charge in [0.15, 0.2) is 0 Å². The molecule has 0 aromatic heterocycles. The monoisotopic (exact) mass is 549 g/mol. The molecule has 2 amide bonds. The first-order valence-electron chi connectivity index (χ1n) is 9.34. The molecule has 1 saturated heterocycles. The molecule has 0 unspecified atom stereocenters. The molecule has 10 N–H and O–H groups in total. The summed E-state index contributed by atoms with van der Waals surface area (Å²) in [6.07, 6.45) is -6.01. The predicted octanol–water partition coefficient (Wildman–Crippen LogP) is -4.98. The molecule has 0 aromatic rings. The van der Waals surface area contributed by atoms with Gasteiger partial charge in [0.2, 0.25) is 0 Å². The van der Waals surface area contributed by atoms with Crippen LogP contribution in [0.25, 0.3) is 0 Å². The molecule has 0 bridgehead atoms. The van der Waals surface area contributed by atoms with Gasteiger partial charge in [-0.15, -0.1) is 0 Å². The number of hydrogen-bond acceptors (Lipinski definition) is 11. The molecule has 1 aliphatic heterocycles. The van der Waals surface area contributed by atoms with Crippen molar-refractivity contribution in [3.63, 3.8) is 0 Å². The number of aliphatic carboxylic acids is 2. The number of carbonyl (C=O) groups excluding carboxylic acids is 2. The Morgan fingerprint density at radius 3 is 2.31 bits per heavy atom. The summed E-state index contributed by atoms with van der Waals surface area (Å²) >= 11 is -0.643. The molecule has 32 heavy (non-hydrogen) atoms. The Morgan fingerprint density at radius 2 is 1.75 bits per heavy atom. The van der Waals surface area contributed by atoms with Crippen molar-refractivity contribution < 1.29 is 54.6 Å². The first-order chi connectivity index (χ1) is 15.0. The van der Waals surface area contributed by atoms with Gasteiger partial charge in [-0.2, -0.15) is 0 Å². The summed E-state index contributed by atoms with van der Waals surface area (Å²) in [5.41, 5.74) is 5.34. The number of hydrogen-bond donors (Lipinski definition) is 9. The van der Waals surface area contributed by atoms with E-state index in [-0.39, 0.29) is 18.6 Å². The van der Waals surface area contributed by atoms with Crippen LogP contribution in [-0.4, -0.2) is 129 Å². The number of ether oxygens (including phenoxy) is 1. The van der Waals surface area contributed by atoms with Crippen molar-refractivity contribution in [3.05, 3.63) is 0 Å². The van der Waals surface area contributed by atoms with E-state index in [1.54, 1.807) is 0 Å². The van der Waals surface area contributed by atoms with Crippen LogP contribution in [0.4, 0.5) is 0 Å². The average molecular weight is 548 g/mol. The van der Waals surface area contributed by atoms with Crippen molar-refractivity contribution >= 4 is 47.8 Å². The third-order valence-corrected chi connectivity index (χ3v) is 8.83. The van der Waals surface area contributed by atoms with Crippen LogP contribution in [0.2, 0.25) is 0 Å². The van der Waals surface area contributed by atoms with Gasteiger partial charge < -0.3 is 0 Å². The second-order valence-electron chi connectivity index (χ2n) is 6.79. The summed E-state index contributed by atoms with van der Waals surface area (Å²) in [5, 5.41) is 60.0. The van der Waals surface area contributed by atoms with Crippen LogP contribution < -0.4 is 16.4 Å². The predicted molar refractivity (Wildman–Crippen MR) is 109 cm³/mol. The molecule has 0 saturated carbocycles. The molecule has 1 aliphatic rings. The number of carbonyl (C=O) groups is 4. The van der Waals surface area contributed by atoms with Crippen LogP contribution in [0.1, 0.15) is 12.8 Å². The van der Waals surface area contributed by atoms with E-state index in [9.17, 15) is 39.6 Å². The summed E-state index contributed by atoms with van der Waals surface area (Å²) in [5.74, 6) is -4.10. The number of rotatable bonds is 13. The van der Waals surface area contributed by atoms with E-state index in [1.165, 1.54) is 0 Å². The van der Waals surface area contributed by atoms with Crippen LogP contribution in [0, 0.1) is 0 Å². The summed E-state index contributed by atoms with van der Waals surface area (Å²) in [6, 6.07) is -2.44. The first kappa shape index (κ1) is 28.5. The molecule has 0 spiro atoms. The summed E-state index contributed by atoms with van der Waals surface area (Å²) in [6.45, 7) is -1.27.